The number of nitrogens with zero attached hydrogens (tertiary/aromatic N) is 3. The molecule has 7 nitrogen and oxygen atoms in total. The van der Waals surface area contributed by atoms with Crippen molar-refractivity contribution >= 4 is 35.6 Å². The Morgan fingerprint density at radius 2 is 1.84 bits per heavy atom. The lowest BCUT2D eigenvalue weighted by Crippen LogP contribution is -2.37. The Balaban J connectivity index is 0.00000363. The number of nitrogens with one attached hydrogen (secondary N) is 2. The van der Waals surface area contributed by atoms with E-state index in [1.807, 2.05) is 24.8 Å². The number of aromatic nitrogens is 1. The number of anilines is 1. The zero-order chi connectivity index (χ0) is 22.4. The first-order chi connectivity index (χ1) is 14.8. The predicted octanol–water partition coefficient (Wildman–Crippen LogP) is 4.14. The van der Waals surface area contributed by atoms with E-state index in [0.29, 0.717) is 50.3 Å². The minimum atomic E-state index is -4.46. The van der Waals surface area contributed by atoms with Crippen molar-refractivity contribution < 1.29 is 22.4 Å². The molecule has 0 aliphatic carbocycles. The number of rotatable bonds is 6. The molecule has 2 heterocycles. The lowest BCUT2D eigenvalue weighted by molar-refractivity contribution is -0.138. The third kappa shape index (κ3) is 6.99. The van der Waals surface area contributed by atoms with Crippen molar-refractivity contribution in [3.63, 3.8) is 0 Å². The van der Waals surface area contributed by atoms with E-state index in [1.165, 1.54) is 12.1 Å². The van der Waals surface area contributed by atoms with Crippen LogP contribution < -0.4 is 15.5 Å². The third-order valence-corrected chi connectivity index (χ3v) is 5.04. The highest BCUT2D eigenvalue weighted by Gasteiger charge is 2.34. The van der Waals surface area contributed by atoms with E-state index in [9.17, 15) is 13.2 Å². The molecule has 1 aromatic heterocycles. The number of hydrogen-bond donors (Lipinski definition) is 2. The summed E-state index contributed by atoms with van der Waals surface area (Å²) in [4.78, 5) is 5.97. The molecular formula is C21H29F3IN5O2. The fraction of sp³-hybridized carbons (Fsp3) is 0.524. The van der Waals surface area contributed by atoms with Crippen molar-refractivity contribution in [1.29, 1.82) is 0 Å². The van der Waals surface area contributed by atoms with Crippen molar-refractivity contribution in [2.75, 3.05) is 38.3 Å². The Labute approximate surface area is 202 Å². The van der Waals surface area contributed by atoms with Crippen molar-refractivity contribution in [3.05, 3.63) is 46.8 Å². The molecule has 1 saturated heterocycles. The summed E-state index contributed by atoms with van der Waals surface area (Å²) in [5.74, 6) is 1.24. The number of alkyl halides is 3. The van der Waals surface area contributed by atoms with Crippen LogP contribution in [0.25, 0.3) is 0 Å². The van der Waals surface area contributed by atoms with Crippen molar-refractivity contribution in [3.8, 4) is 0 Å². The fourth-order valence-corrected chi connectivity index (χ4v) is 3.26. The average Bonchev–Trinajstić information content (AvgIpc) is 3.23. The molecule has 0 bridgehead atoms. The molecule has 3 rings (SSSR count). The summed E-state index contributed by atoms with van der Waals surface area (Å²) >= 11 is 0. The van der Waals surface area contributed by atoms with Crippen LogP contribution in [0.15, 0.2) is 33.8 Å². The van der Waals surface area contributed by atoms with Crippen LogP contribution in [0.5, 0.6) is 0 Å². The topological polar surface area (TPSA) is 74.9 Å². The lowest BCUT2D eigenvalue weighted by Gasteiger charge is -2.29. The second-order valence-corrected chi connectivity index (χ2v) is 7.59. The summed E-state index contributed by atoms with van der Waals surface area (Å²) < 4.78 is 51.7. The van der Waals surface area contributed by atoms with Gasteiger partial charge in [0, 0.05) is 38.4 Å². The zero-order valence-corrected chi connectivity index (χ0v) is 20.7. The molecule has 0 saturated carbocycles. The monoisotopic (exact) mass is 567 g/mol. The van der Waals surface area contributed by atoms with Crippen molar-refractivity contribution in [2.45, 2.75) is 39.0 Å². The fourth-order valence-electron chi connectivity index (χ4n) is 3.26. The molecule has 32 heavy (non-hydrogen) atoms. The highest BCUT2D eigenvalue weighted by atomic mass is 127. The summed E-state index contributed by atoms with van der Waals surface area (Å²) in [7, 11) is 1.56. The summed E-state index contributed by atoms with van der Waals surface area (Å²) in [6.45, 7) is 6.49. The van der Waals surface area contributed by atoms with Gasteiger partial charge in [0.15, 0.2) is 11.7 Å². The van der Waals surface area contributed by atoms with Gasteiger partial charge in [-0.25, -0.2) is 0 Å². The maximum absolute atomic E-state index is 13.7. The second-order valence-electron chi connectivity index (χ2n) is 7.59. The van der Waals surface area contributed by atoms with Gasteiger partial charge in [-0.05, 0) is 23.6 Å². The second kappa shape index (κ2) is 11.7. The number of ether oxygens (including phenoxy) is 1. The first-order valence-corrected chi connectivity index (χ1v) is 10.2. The van der Waals surface area contributed by atoms with Gasteiger partial charge in [0.25, 0.3) is 0 Å². The number of halogens is 4. The van der Waals surface area contributed by atoms with E-state index in [-0.39, 0.29) is 42.0 Å². The number of benzene rings is 1. The Hall–Kier alpha value is -2.02. The number of morpholine rings is 1. The average molecular weight is 567 g/mol. The van der Waals surface area contributed by atoms with Crippen LogP contribution in [0, 0.1) is 0 Å². The summed E-state index contributed by atoms with van der Waals surface area (Å²) in [5.41, 5.74) is 0.883. The quantitative estimate of drug-likeness (QED) is 0.311. The van der Waals surface area contributed by atoms with Gasteiger partial charge >= 0.3 is 6.18 Å². The molecule has 0 spiro atoms. The minimum absolute atomic E-state index is 0. The smallest absolute Gasteiger partial charge is 0.378 e. The van der Waals surface area contributed by atoms with Gasteiger partial charge in [-0.15, -0.1) is 24.0 Å². The van der Waals surface area contributed by atoms with Crippen LogP contribution in [0.4, 0.5) is 18.9 Å². The van der Waals surface area contributed by atoms with E-state index in [0.717, 1.165) is 5.69 Å². The lowest BCUT2D eigenvalue weighted by atomic mass is 10.0. The van der Waals surface area contributed by atoms with E-state index in [2.05, 4.69) is 20.8 Å². The largest absolute Gasteiger partial charge is 0.416 e. The molecule has 1 fully saturated rings. The molecule has 2 N–H and O–H groups in total. The normalized spacial score (nSPS) is 15.0. The van der Waals surface area contributed by atoms with Gasteiger partial charge in [0.1, 0.15) is 0 Å². The Morgan fingerprint density at radius 1 is 1.16 bits per heavy atom. The van der Waals surface area contributed by atoms with Crippen LogP contribution in [-0.2, 0) is 24.0 Å². The van der Waals surface area contributed by atoms with Gasteiger partial charge in [-0.2, -0.15) is 13.2 Å². The molecule has 1 aliphatic rings. The van der Waals surface area contributed by atoms with Gasteiger partial charge in [0.2, 0.25) is 0 Å². The van der Waals surface area contributed by atoms with Crippen LogP contribution in [0.2, 0.25) is 0 Å². The maximum atomic E-state index is 13.7. The molecule has 0 unspecified atom stereocenters. The molecule has 11 heteroatoms. The molecule has 0 amide bonds. The molecule has 178 valence electrons. The van der Waals surface area contributed by atoms with Crippen LogP contribution in [0.3, 0.4) is 0 Å². The van der Waals surface area contributed by atoms with E-state index in [4.69, 9.17) is 9.26 Å². The Morgan fingerprint density at radius 3 is 2.44 bits per heavy atom. The molecule has 1 aromatic carbocycles. The van der Waals surface area contributed by atoms with E-state index >= 15 is 0 Å². The van der Waals surface area contributed by atoms with Crippen LogP contribution in [-0.4, -0.2) is 44.5 Å². The van der Waals surface area contributed by atoms with E-state index in [1.54, 1.807) is 13.1 Å². The van der Waals surface area contributed by atoms with Gasteiger partial charge in [0.05, 0.1) is 31.0 Å². The zero-order valence-electron chi connectivity index (χ0n) is 18.3. The molecule has 0 atom stereocenters. The van der Waals surface area contributed by atoms with Gasteiger partial charge in [-0.3, -0.25) is 4.99 Å². The third-order valence-electron chi connectivity index (χ3n) is 5.04. The first kappa shape index (κ1) is 26.2. The Kier molecular flexibility index (Phi) is 9.62. The van der Waals surface area contributed by atoms with Crippen LogP contribution >= 0.6 is 24.0 Å². The minimum Gasteiger partial charge on any atom is -0.378 e. The van der Waals surface area contributed by atoms with Crippen LogP contribution in [0.1, 0.15) is 42.3 Å². The van der Waals surface area contributed by atoms with E-state index < -0.39 is 11.7 Å². The van der Waals surface area contributed by atoms with Gasteiger partial charge < -0.3 is 24.8 Å². The van der Waals surface area contributed by atoms with Crippen molar-refractivity contribution in [2.24, 2.45) is 4.99 Å². The number of guanidine groups is 1. The van der Waals surface area contributed by atoms with Crippen molar-refractivity contribution in [1.82, 2.24) is 15.8 Å². The highest BCUT2D eigenvalue weighted by molar-refractivity contribution is 14.0. The molecule has 1 aliphatic heterocycles. The number of hydrogen-bond acceptors (Lipinski definition) is 5. The summed E-state index contributed by atoms with van der Waals surface area (Å²) in [6, 6.07) is 6.28. The summed E-state index contributed by atoms with van der Waals surface area (Å²) in [5, 5.41) is 9.96. The SMILES string of the molecule is CN=C(NCc1cc(C(C)C)no1)NCc1ccc(N2CCOCC2)cc1C(F)(F)F.I. The number of aliphatic imine (C=N–C) groups is 1. The molecule has 2 aromatic rings. The van der Waals surface area contributed by atoms with Gasteiger partial charge in [-0.1, -0.05) is 25.1 Å². The Bertz CT molecular complexity index is 896. The standard InChI is InChI=1S/C21H28F3N5O2.HI/c1-14(2)19-11-17(31-28-19)13-27-20(25-3)26-12-15-4-5-16(10-18(15)21(22,23)24)29-6-8-30-9-7-29;/h4-5,10-11,14H,6-9,12-13H2,1-3H3,(H2,25,26,27);1H. The summed E-state index contributed by atoms with van der Waals surface area (Å²) in [6.07, 6.45) is -4.46. The predicted molar refractivity (Wildman–Crippen MR) is 128 cm³/mol. The molecular weight excluding hydrogens is 538 g/mol. The first-order valence-electron chi connectivity index (χ1n) is 10.2. The highest BCUT2D eigenvalue weighted by Crippen LogP contribution is 2.35. The molecule has 0 radical (unpaired) electrons. The maximum Gasteiger partial charge on any atom is 0.416 e.